The largest absolute Gasteiger partial charge is 0.514 e. The number of hydrogen-bond donors (Lipinski definition) is 2. The molecule has 0 bridgehead atoms. The lowest BCUT2D eigenvalue weighted by molar-refractivity contribution is -0.591. The molecule has 3 aliphatic rings. The minimum Gasteiger partial charge on any atom is -0.468 e. The van der Waals surface area contributed by atoms with E-state index in [2.05, 4.69) is 5.43 Å². The maximum absolute atomic E-state index is 12.4. The molecule has 2 N–H and O–H groups in total. The van der Waals surface area contributed by atoms with Crippen LogP contribution in [0.2, 0.25) is 0 Å². The second-order valence-electron chi connectivity index (χ2n) is 7.58. The number of carbonyl (C=O) groups excluding carboxylic acids is 2. The molecule has 1 atom stereocenters. The van der Waals surface area contributed by atoms with Crippen LogP contribution >= 0.6 is 0 Å². The molecule has 11 heteroatoms. The second kappa shape index (κ2) is 7.98. The van der Waals surface area contributed by atoms with Gasteiger partial charge >= 0.3 is 18.0 Å². The van der Waals surface area contributed by atoms with Crippen molar-refractivity contribution in [3.8, 4) is 5.75 Å². The van der Waals surface area contributed by atoms with Crippen LogP contribution in [0.15, 0.2) is 17.1 Å². The molecule has 1 saturated heterocycles. The van der Waals surface area contributed by atoms with Crippen molar-refractivity contribution in [2.24, 2.45) is 5.41 Å². The van der Waals surface area contributed by atoms with E-state index in [4.69, 9.17) is 18.9 Å². The van der Waals surface area contributed by atoms with Gasteiger partial charge < -0.3 is 24.1 Å². The zero-order valence-electron chi connectivity index (χ0n) is 16.6. The highest BCUT2D eigenvalue weighted by molar-refractivity contribution is 5.91. The molecule has 30 heavy (non-hydrogen) atoms. The molecule has 0 spiro atoms. The summed E-state index contributed by atoms with van der Waals surface area (Å²) in [5, 5.41) is 10.7. The van der Waals surface area contributed by atoms with Crippen LogP contribution < -0.4 is 15.6 Å². The Hall–Kier alpha value is -3.08. The van der Waals surface area contributed by atoms with Gasteiger partial charge in [0.2, 0.25) is 16.9 Å². The summed E-state index contributed by atoms with van der Waals surface area (Å²) >= 11 is 0. The first-order valence-electron chi connectivity index (χ1n) is 9.81. The summed E-state index contributed by atoms with van der Waals surface area (Å²) in [6.45, 7) is 0.948. The van der Waals surface area contributed by atoms with Crippen molar-refractivity contribution in [1.82, 2.24) is 4.68 Å². The van der Waals surface area contributed by atoms with Gasteiger partial charge in [0, 0.05) is 12.3 Å². The monoisotopic (exact) mass is 422 g/mol. The van der Waals surface area contributed by atoms with Crippen LogP contribution in [0.4, 0.5) is 4.79 Å². The Morgan fingerprint density at radius 3 is 2.90 bits per heavy atom. The number of aliphatic hydroxyl groups excluding tert-OH is 1. The molecular weight excluding hydrogens is 398 g/mol. The van der Waals surface area contributed by atoms with E-state index in [1.165, 1.54) is 24.0 Å². The van der Waals surface area contributed by atoms with Crippen molar-refractivity contribution in [2.45, 2.75) is 31.8 Å². The number of pyridine rings is 1. The summed E-state index contributed by atoms with van der Waals surface area (Å²) in [5.41, 5.74) is 1.61. The van der Waals surface area contributed by atoms with Crippen molar-refractivity contribution in [3.63, 3.8) is 0 Å². The highest BCUT2D eigenvalue weighted by atomic mass is 16.7. The topological polar surface area (TPSA) is 128 Å². The zero-order chi connectivity index (χ0) is 21.3. The molecule has 2 fully saturated rings. The third-order valence-corrected chi connectivity index (χ3v) is 5.79. The Morgan fingerprint density at radius 1 is 1.40 bits per heavy atom. The first kappa shape index (κ1) is 20.2. The number of carbonyl (C=O) groups is 2. The van der Waals surface area contributed by atoms with Gasteiger partial charge in [-0.3, -0.25) is 15.0 Å². The zero-order valence-corrected chi connectivity index (χ0v) is 16.6. The van der Waals surface area contributed by atoms with Crippen molar-refractivity contribution >= 4 is 18.0 Å². The van der Waals surface area contributed by atoms with E-state index in [-0.39, 0.29) is 30.1 Å². The van der Waals surface area contributed by atoms with E-state index in [9.17, 15) is 19.5 Å². The fourth-order valence-corrected chi connectivity index (χ4v) is 4.18. The number of rotatable bonds is 4. The average molecular weight is 422 g/mol. The highest BCUT2D eigenvalue weighted by Crippen LogP contribution is 2.39. The van der Waals surface area contributed by atoms with Crippen molar-refractivity contribution in [3.05, 3.63) is 28.2 Å². The van der Waals surface area contributed by atoms with Gasteiger partial charge in [0.1, 0.15) is 25.2 Å². The third kappa shape index (κ3) is 3.49. The fourth-order valence-electron chi connectivity index (χ4n) is 4.18. The maximum atomic E-state index is 12.4. The van der Waals surface area contributed by atoms with Crippen LogP contribution in [0.1, 0.15) is 31.4 Å². The Bertz CT molecular complexity index is 948. The first-order valence-corrected chi connectivity index (χ1v) is 9.81. The van der Waals surface area contributed by atoms with Gasteiger partial charge in [-0.25, -0.2) is 9.47 Å². The Morgan fingerprint density at radius 2 is 2.17 bits per heavy atom. The smallest absolute Gasteiger partial charge is 0.468 e. The molecule has 0 unspecified atom stereocenters. The molecule has 1 aromatic rings. The minimum absolute atomic E-state index is 0.0150. The molecule has 3 heterocycles. The lowest BCUT2D eigenvalue weighted by atomic mass is 9.87. The number of aromatic nitrogens is 1. The number of nitrogens with one attached hydrogen (secondary N) is 1. The number of ether oxygens (including phenoxy) is 4. The molecule has 11 nitrogen and oxygen atoms in total. The van der Waals surface area contributed by atoms with Crippen LogP contribution in [-0.4, -0.2) is 72.0 Å². The number of morpholine rings is 1. The predicted octanol–water partition coefficient (Wildman–Crippen LogP) is 0.328. The van der Waals surface area contributed by atoms with Gasteiger partial charge in [-0.2, -0.15) is 4.58 Å². The summed E-state index contributed by atoms with van der Waals surface area (Å²) in [6, 6.07) is 1.21. The van der Waals surface area contributed by atoms with Crippen LogP contribution in [0.3, 0.4) is 0 Å². The molecule has 0 amide bonds. The standard InChI is InChI=1S/C19H23N3O8/c1-27-17(25)19(5-2-3-6-19)11-29-18(26)30-15-12(23)4-7-22-14(15)16(24)21-8-9-28-10-13(21)20-22/h4,7,13,20H,2-3,5-6,8-11H2,1H3/p+1/t13-/m0/s1. The quantitative estimate of drug-likeness (QED) is 0.521. The second-order valence-corrected chi connectivity index (χ2v) is 7.58. The predicted molar refractivity (Wildman–Crippen MR) is 101 cm³/mol. The molecule has 0 aromatic carbocycles. The summed E-state index contributed by atoms with van der Waals surface area (Å²) in [4.78, 5) is 36.9. The minimum atomic E-state index is -1.13. The van der Waals surface area contributed by atoms with E-state index in [1.54, 1.807) is 4.58 Å². The molecule has 0 radical (unpaired) electrons. The maximum Gasteiger partial charge on any atom is 0.514 e. The summed E-state index contributed by atoms with van der Waals surface area (Å²) in [6.07, 6.45) is 2.74. The molecule has 162 valence electrons. The van der Waals surface area contributed by atoms with Crippen molar-refractivity contribution in [2.75, 3.05) is 38.9 Å². The summed E-state index contributed by atoms with van der Waals surface area (Å²) in [7, 11) is 1.29. The van der Waals surface area contributed by atoms with Gasteiger partial charge in [0.25, 0.3) is 6.17 Å². The van der Waals surface area contributed by atoms with Crippen LogP contribution in [0.5, 0.6) is 5.75 Å². The van der Waals surface area contributed by atoms with E-state index in [1.807, 2.05) is 0 Å². The lowest BCUT2D eigenvalue weighted by Gasteiger charge is -2.29. The fraction of sp³-hybridized carbons (Fsp3) is 0.579. The average Bonchev–Trinajstić information content (AvgIpc) is 3.24. The van der Waals surface area contributed by atoms with Crippen molar-refractivity contribution in [1.29, 1.82) is 0 Å². The van der Waals surface area contributed by atoms with E-state index in [0.29, 0.717) is 32.6 Å². The Labute approximate surface area is 171 Å². The SMILES string of the molecule is COC(=O)C1(COC(=O)Oc2c3n(ccc2=O)N[C@@H]2COCC[N+]2=C3O)CCCC1. The van der Waals surface area contributed by atoms with Gasteiger partial charge in [0.15, 0.2) is 6.54 Å². The number of methoxy groups -OCH3 is 1. The number of aliphatic hydroxyl groups is 1. The van der Waals surface area contributed by atoms with Crippen LogP contribution in [0, 0.1) is 5.41 Å². The molecule has 1 aromatic heterocycles. The van der Waals surface area contributed by atoms with Gasteiger partial charge in [-0.1, -0.05) is 12.8 Å². The molecule has 1 aliphatic carbocycles. The lowest BCUT2D eigenvalue weighted by Crippen LogP contribution is -2.54. The molecule has 1 saturated carbocycles. The van der Waals surface area contributed by atoms with Gasteiger partial charge in [-0.15, -0.1) is 0 Å². The Kier molecular flexibility index (Phi) is 5.37. The molecular formula is C19H24N3O8+. The Balaban J connectivity index is 1.55. The molecule has 2 aliphatic heterocycles. The van der Waals surface area contributed by atoms with E-state index in [0.717, 1.165) is 12.8 Å². The molecule has 4 rings (SSSR count). The summed E-state index contributed by atoms with van der Waals surface area (Å²) < 4.78 is 23.7. The first-order chi connectivity index (χ1) is 14.4. The number of fused-ring (bicyclic) bond motifs is 2. The van der Waals surface area contributed by atoms with Crippen LogP contribution in [0.25, 0.3) is 0 Å². The van der Waals surface area contributed by atoms with E-state index < -0.39 is 23.0 Å². The van der Waals surface area contributed by atoms with Gasteiger partial charge in [-0.05, 0) is 12.8 Å². The van der Waals surface area contributed by atoms with Gasteiger partial charge in [0.05, 0.1) is 7.11 Å². The number of hydrogen-bond acceptors (Lipinski definition) is 8. The highest BCUT2D eigenvalue weighted by Gasteiger charge is 2.44. The normalized spacial score (nSPS) is 21.8. The summed E-state index contributed by atoms with van der Waals surface area (Å²) in [5.74, 6) is -1.00. The van der Waals surface area contributed by atoms with Crippen LogP contribution in [-0.2, 0) is 19.0 Å². The van der Waals surface area contributed by atoms with Crippen molar-refractivity contribution < 1.29 is 38.2 Å². The van der Waals surface area contributed by atoms with E-state index >= 15 is 0 Å². The number of esters is 1. The third-order valence-electron chi connectivity index (χ3n) is 5.79. The number of nitrogens with zero attached hydrogens (tertiary/aromatic N) is 2.